The topological polar surface area (TPSA) is 60.2 Å². The van der Waals surface area contributed by atoms with Crippen LogP contribution in [-0.2, 0) is 0 Å². The summed E-state index contributed by atoms with van der Waals surface area (Å²) in [5.74, 6) is -0.735. The Labute approximate surface area is 102 Å². The molecular formula is C12H11F2N3O. The largest absolute Gasteiger partial charge is 0.481 e. The van der Waals surface area contributed by atoms with Crippen molar-refractivity contribution in [3.8, 4) is 5.88 Å². The SMILES string of the molecule is COc1ccc(N)c(Nc2cc(F)cc(F)c2)n1. The fraction of sp³-hybridized carbons (Fsp3) is 0.0833. The first-order valence-electron chi connectivity index (χ1n) is 5.12. The van der Waals surface area contributed by atoms with E-state index in [1.54, 1.807) is 12.1 Å². The highest BCUT2D eigenvalue weighted by molar-refractivity contribution is 5.69. The van der Waals surface area contributed by atoms with E-state index in [1.807, 2.05) is 0 Å². The first kappa shape index (κ1) is 12.1. The molecule has 18 heavy (non-hydrogen) atoms. The number of ether oxygens (including phenoxy) is 1. The molecule has 1 heterocycles. The van der Waals surface area contributed by atoms with Crippen molar-refractivity contribution in [2.24, 2.45) is 0 Å². The van der Waals surface area contributed by atoms with Gasteiger partial charge in [0.05, 0.1) is 12.8 Å². The highest BCUT2D eigenvalue weighted by Crippen LogP contribution is 2.24. The average Bonchev–Trinajstić information content (AvgIpc) is 2.30. The van der Waals surface area contributed by atoms with Crippen LogP contribution in [0, 0.1) is 11.6 Å². The molecule has 0 atom stereocenters. The lowest BCUT2D eigenvalue weighted by atomic mass is 10.3. The van der Waals surface area contributed by atoms with Crippen LogP contribution >= 0.6 is 0 Å². The minimum absolute atomic E-state index is 0.222. The number of hydrogen-bond donors (Lipinski definition) is 2. The molecule has 0 bridgehead atoms. The summed E-state index contributed by atoms with van der Waals surface area (Å²) in [4.78, 5) is 4.04. The van der Waals surface area contributed by atoms with E-state index in [1.165, 1.54) is 7.11 Å². The van der Waals surface area contributed by atoms with Crippen molar-refractivity contribution in [2.45, 2.75) is 0 Å². The Morgan fingerprint density at radius 2 is 1.83 bits per heavy atom. The summed E-state index contributed by atoms with van der Waals surface area (Å²) in [5, 5.41) is 2.73. The Balaban J connectivity index is 2.33. The van der Waals surface area contributed by atoms with Gasteiger partial charge in [-0.15, -0.1) is 0 Å². The molecule has 2 rings (SSSR count). The van der Waals surface area contributed by atoms with Gasteiger partial charge < -0.3 is 15.8 Å². The maximum absolute atomic E-state index is 13.0. The fourth-order valence-electron chi connectivity index (χ4n) is 1.43. The highest BCUT2D eigenvalue weighted by atomic mass is 19.1. The Morgan fingerprint density at radius 1 is 1.17 bits per heavy atom. The van der Waals surface area contributed by atoms with E-state index in [4.69, 9.17) is 10.5 Å². The zero-order valence-electron chi connectivity index (χ0n) is 9.58. The number of nitrogens with one attached hydrogen (secondary N) is 1. The van der Waals surface area contributed by atoms with Gasteiger partial charge in [0.1, 0.15) is 11.6 Å². The summed E-state index contributed by atoms with van der Waals surface area (Å²) < 4.78 is 31.0. The van der Waals surface area contributed by atoms with Gasteiger partial charge in [0.15, 0.2) is 5.82 Å². The number of nitrogens with zero attached hydrogens (tertiary/aromatic N) is 1. The minimum Gasteiger partial charge on any atom is -0.481 e. The summed E-state index contributed by atoms with van der Waals surface area (Å²) in [7, 11) is 1.46. The number of rotatable bonds is 3. The summed E-state index contributed by atoms with van der Waals surface area (Å²) in [6.07, 6.45) is 0. The number of methoxy groups -OCH3 is 1. The fourth-order valence-corrected chi connectivity index (χ4v) is 1.43. The number of hydrogen-bond acceptors (Lipinski definition) is 4. The molecule has 3 N–H and O–H groups in total. The van der Waals surface area contributed by atoms with Crippen LogP contribution in [0.5, 0.6) is 5.88 Å². The second-order valence-electron chi connectivity index (χ2n) is 3.57. The van der Waals surface area contributed by atoms with Crippen molar-refractivity contribution >= 4 is 17.2 Å². The molecule has 1 aromatic carbocycles. The van der Waals surface area contributed by atoms with Crippen LogP contribution in [0.1, 0.15) is 0 Å². The number of anilines is 3. The molecule has 0 aliphatic heterocycles. The van der Waals surface area contributed by atoms with Gasteiger partial charge in [-0.1, -0.05) is 0 Å². The average molecular weight is 251 g/mol. The summed E-state index contributed by atoms with van der Waals surface area (Å²) >= 11 is 0. The van der Waals surface area contributed by atoms with Crippen LogP contribution in [0.25, 0.3) is 0 Å². The van der Waals surface area contributed by atoms with Crippen LogP contribution in [0.15, 0.2) is 30.3 Å². The molecule has 0 aliphatic carbocycles. The van der Waals surface area contributed by atoms with Crippen LogP contribution < -0.4 is 15.8 Å². The van der Waals surface area contributed by atoms with E-state index in [0.29, 0.717) is 11.6 Å². The third-order valence-electron chi connectivity index (χ3n) is 2.24. The summed E-state index contributed by atoms with van der Waals surface area (Å²) in [6, 6.07) is 6.25. The standard InChI is InChI=1S/C12H11F2N3O/c1-18-11-3-2-10(15)12(17-11)16-9-5-7(13)4-8(14)6-9/h2-6H,15H2,1H3,(H,16,17). The van der Waals surface area contributed by atoms with E-state index in [0.717, 1.165) is 18.2 Å². The second-order valence-corrected chi connectivity index (χ2v) is 3.57. The van der Waals surface area contributed by atoms with E-state index in [2.05, 4.69) is 10.3 Å². The molecule has 0 amide bonds. The maximum atomic E-state index is 13.0. The predicted molar refractivity (Wildman–Crippen MR) is 64.8 cm³/mol. The quantitative estimate of drug-likeness (QED) is 0.880. The molecule has 0 saturated heterocycles. The molecular weight excluding hydrogens is 240 g/mol. The number of halogens is 2. The minimum atomic E-state index is -0.682. The Bertz CT molecular complexity index is 555. The van der Waals surface area contributed by atoms with Gasteiger partial charge in [-0.25, -0.2) is 8.78 Å². The van der Waals surface area contributed by atoms with Crippen LogP contribution in [0.3, 0.4) is 0 Å². The first-order valence-corrected chi connectivity index (χ1v) is 5.12. The molecule has 0 aliphatic rings. The van der Waals surface area contributed by atoms with Gasteiger partial charge in [-0.05, 0) is 18.2 Å². The summed E-state index contributed by atoms with van der Waals surface area (Å²) in [6.45, 7) is 0. The van der Waals surface area contributed by atoms with Crippen molar-refractivity contribution < 1.29 is 13.5 Å². The Morgan fingerprint density at radius 3 is 2.44 bits per heavy atom. The lowest BCUT2D eigenvalue weighted by molar-refractivity contribution is 0.398. The van der Waals surface area contributed by atoms with Crippen molar-refractivity contribution in [1.29, 1.82) is 0 Å². The van der Waals surface area contributed by atoms with Gasteiger partial charge in [0, 0.05) is 17.8 Å². The lowest BCUT2D eigenvalue weighted by Gasteiger charge is -2.09. The molecule has 0 radical (unpaired) electrons. The van der Waals surface area contributed by atoms with Gasteiger partial charge in [-0.3, -0.25) is 0 Å². The molecule has 6 heteroatoms. The molecule has 0 unspecified atom stereocenters. The van der Waals surface area contributed by atoms with Crippen molar-refractivity contribution in [3.05, 3.63) is 42.0 Å². The number of pyridine rings is 1. The molecule has 4 nitrogen and oxygen atoms in total. The smallest absolute Gasteiger partial charge is 0.215 e. The van der Waals surface area contributed by atoms with E-state index >= 15 is 0 Å². The van der Waals surface area contributed by atoms with Gasteiger partial charge >= 0.3 is 0 Å². The monoisotopic (exact) mass is 251 g/mol. The van der Waals surface area contributed by atoms with Gasteiger partial charge in [0.2, 0.25) is 5.88 Å². The van der Waals surface area contributed by atoms with Gasteiger partial charge in [-0.2, -0.15) is 4.98 Å². The zero-order valence-corrected chi connectivity index (χ0v) is 9.58. The van der Waals surface area contributed by atoms with Gasteiger partial charge in [0.25, 0.3) is 0 Å². The normalized spacial score (nSPS) is 10.2. The number of aromatic nitrogens is 1. The third-order valence-corrected chi connectivity index (χ3v) is 2.24. The number of nitrogens with two attached hydrogens (primary N) is 1. The van der Waals surface area contributed by atoms with Crippen molar-refractivity contribution in [1.82, 2.24) is 4.98 Å². The predicted octanol–water partition coefficient (Wildman–Crippen LogP) is 2.69. The lowest BCUT2D eigenvalue weighted by Crippen LogP contribution is -2.01. The van der Waals surface area contributed by atoms with Crippen LogP contribution in [-0.4, -0.2) is 12.1 Å². The van der Waals surface area contributed by atoms with Crippen LogP contribution in [0.4, 0.5) is 26.0 Å². The van der Waals surface area contributed by atoms with E-state index in [9.17, 15) is 8.78 Å². The number of nitrogen functional groups attached to an aromatic ring is 1. The molecule has 0 saturated carbocycles. The van der Waals surface area contributed by atoms with Crippen molar-refractivity contribution in [3.63, 3.8) is 0 Å². The zero-order chi connectivity index (χ0) is 13.1. The molecule has 1 aromatic heterocycles. The van der Waals surface area contributed by atoms with Crippen LogP contribution in [0.2, 0.25) is 0 Å². The Kier molecular flexibility index (Phi) is 3.27. The van der Waals surface area contributed by atoms with E-state index in [-0.39, 0.29) is 11.5 Å². The molecule has 94 valence electrons. The second kappa shape index (κ2) is 4.87. The van der Waals surface area contributed by atoms with Crippen molar-refractivity contribution in [2.75, 3.05) is 18.2 Å². The number of benzene rings is 1. The third kappa shape index (κ3) is 2.65. The Hall–Kier alpha value is -2.37. The van der Waals surface area contributed by atoms with E-state index < -0.39 is 11.6 Å². The highest BCUT2D eigenvalue weighted by Gasteiger charge is 2.06. The molecule has 0 fully saturated rings. The first-order chi connectivity index (χ1) is 8.58. The summed E-state index contributed by atoms with van der Waals surface area (Å²) in [5.41, 5.74) is 6.27. The maximum Gasteiger partial charge on any atom is 0.215 e. The molecule has 2 aromatic rings. The molecule has 0 spiro atoms.